The molecule has 2 aliphatic rings. The minimum atomic E-state index is 0.683. The van der Waals surface area contributed by atoms with Crippen molar-refractivity contribution in [2.75, 3.05) is 0 Å². The van der Waals surface area contributed by atoms with Crippen LogP contribution in [0.15, 0.2) is 36.2 Å². The van der Waals surface area contributed by atoms with Crippen molar-refractivity contribution in [2.45, 2.75) is 12.8 Å². The first kappa shape index (κ1) is 6.71. The molecule has 0 spiro atoms. The second-order valence-electron chi connectivity index (χ2n) is 2.93. The van der Waals surface area contributed by atoms with Crippen LogP contribution in [0.1, 0.15) is 12.8 Å². The van der Waals surface area contributed by atoms with Crippen LogP contribution in [-0.2, 0) is 0 Å². The summed E-state index contributed by atoms with van der Waals surface area (Å²) in [6, 6.07) is 0. The van der Waals surface area contributed by atoms with Gasteiger partial charge in [0.1, 0.15) is 0 Å². The molecule has 1 saturated carbocycles. The topological polar surface area (TPSA) is 12.0 Å². The number of hydrogen-bond donors (Lipinski definition) is 1. The Morgan fingerprint density at radius 1 is 1.27 bits per heavy atom. The maximum absolute atomic E-state index is 3.27. The summed E-state index contributed by atoms with van der Waals surface area (Å²) in [6.07, 6.45) is 15.2. The molecule has 11 heavy (non-hydrogen) atoms. The van der Waals surface area contributed by atoms with E-state index in [-0.39, 0.29) is 0 Å². The average Bonchev–Trinajstić information content (AvgIpc) is 2.12. The molecule has 1 aliphatic carbocycles. The highest BCUT2D eigenvalue weighted by Crippen LogP contribution is 2.30. The Kier molecular flexibility index (Phi) is 1.80. The van der Waals surface area contributed by atoms with E-state index in [1.165, 1.54) is 18.5 Å². The van der Waals surface area contributed by atoms with Crippen LogP contribution in [0, 0.1) is 12.3 Å². The van der Waals surface area contributed by atoms with Gasteiger partial charge in [-0.1, -0.05) is 12.2 Å². The summed E-state index contributed by atoms with van der Waals surface area (Å²) in [5.74, 6) is 0.683. The number of allylic oxidation sites excluding steroid dienone is 5. The van der Waals surface area contributed by atoms with E-state index in [2.05, 4.69) is 23.9 Å². The van der Waals surface area contributed by atoms with Crippen molar-refractivity contribution in [3.05, 3.63) is 42.6 Å². The van der Waals surface area contributed by atoms with Crippen molar-refractivity contribution in [2.24, 2.45) is 5.92 Å². The number of hydrogen-bond acceptors (Lipinski definition) is 1. The van der Waals surface area contributed by atoms with E-state index in [0.29, 0.717) is 5.92 Å². The van der Waals surface area contributed by atoms with Crippen molar-refractivity contribution in [1.29, 1.82) is 0 Å². The summed E-state index contributed by atoms with van der Waals surface area (Å²) in [7, 11) is 0. The van der Waals surface area contributed by atoms with Gasteiger partial charge in [-0.15, -0.1) is 0 Å². The lowest BCUT2D eigenvalue weighted by atomic mass is 9.82. The van der Waals surface area contributed by atoms with Crippen LogP contribution in [-0.4, -0.2) is 0 Å². The molecular formula is C10H12N. The lowest BCUT2D eigenvalue weighted by Crippen LogP contribution is -2.21. The second-order valence-corrected chi connectivity index (χ2v) is 2.93. The van der Waals surface area contributed by atoms with Crippen LogP contribution in [0.25, 0.3) is 0 Å². The molecule has 1 unspecified atom stereocenters. The maximum Gasteiger partial charge on any atom is 0.0180 e. The minimum Gasteiger partial charge on any atom is -0.365 e. The molecule has 0 aromatic rings. The van der Waals surface area contributed by atoms with Crippen molar-refractivity contribution in [3.63, 3.8) is 0 Å². The van der Waals surface area contributed by atoms with Gasteiger partial charge in [0.05, 0.1) is 0 Å². The highest BCUT2D eigenvalue weighted by molar-refractivity contribution is 5.25. The smallest absolute Gasteiger partial charge is 0.0180 e. The molecule has 0 aromatic heterocycles. The largest absolute Gasteiger partial charge is 0.365 e. The van der Waals surface area contributed by atoms with Crippen molar-refractivity contribution >= 4 is 0 Å². The molecule has 1 fully saturated rings. The quantitative estimate of drug-likeness (QED) is 0.597. The van der Waals surface area contributed by atoms with Gasteiger partial charge in [0.25, 0.3) is 0 Å². The fourth-order valence-electron chi connectivity index (χ4n) is 1.32. The van der Waals surface area contributed by atoms with Crippen LogP contribution >= 0.6 is 0 Å². The van der Waals surface area contributed by atoms with E-state index < -0.39 is 0 Å². The first-order valence-corrected chi connectivity index (χ1v) is 4.10. The summed E-state index contributed by atoms with van der Waals surface area (Å²) in [6.45, 7) is 0. The molecule has 1 heteroatoms. The third kappa shape index (κ3) is 1.37. The molecule has 1 N–H and O–H groups in total. The van der Waals surface area contributed by atoms with Crippen LogP contribution in [0.3, 0.4) is 0 Å². The molecule has 57 valence electrons. The Bertz CT molecular complexity index is 219. The fraction of sp³-hybridized carbons (Fsp3) is 0.300. The molecule has 0 amide bonds. The second kappa shape index (κ2) is 2.95. The Hall–Kier alpha value is -0.980. The highest BCUT2D eigenvalue weighted by atomic mass is 14.9. The number of rotatable bonds is 1. The van der Waals surface area contributed by atoms with Crippen LogP contribution in [0.4, 0.5) is 0 Å². The van der Waals surface area contributed by atoms with E-state index in [0.717, 1.165) is 0 Å². The highest BCUT2D eigenvalue weighted by Gasteiger charge is 2.21. The van der Waals surface area contributed by atoms with Gasteiger partial charge in [-0.05, 0) is 31.4 Å². The van der Waals surface area contributed by atoms with Gasteiger partial charge >= 0.3 is 0 Å². The van der Waals surface area contributed by atoms with E-state index in [1.54, 1.807) is 0 Å². The van der Waals surface area contributed by atoms with Crippen LogP contribution < -0.4 is 5.32 Å². The van der Waals surface area contributed by atoms with Crippen LogP contribution in [0.2, 0.25) is 0 Å². The molecule has 1 atom stereocenters. The lowest BCUT2D eigenvalue weighted by molar-refractivity contribution is 0.479. The molecular weight excluding hydrogens is 134 g/mol. The molecule has 0 bridgehead atoms. The van der Waals surface area contributed by atoms with E-state index in [4.69, 9.17) is 0 Å². The molecule has 1 heterocycles. The Morgan fingerprint density at radius 3 is 2.91 bits per heavy atom. The first-order valence-electron chi connectivity index (χ1n) is 4.10. The summed E-state index contributed by atoms with van der Waals surface area (Å²) >= 11 is 0. The molecule has 1 aliphatic heterocycles. The Balaban J connectivity index is 2.06. The van der Waals surface area contributed by atoms with E-state index >= 15 is 0 Å². The van der Waals surface area contributed by atoms with Gasteiger partial charge in [-0.3, -0.25) is 0 Å². The Morgan fingerprint density at radius 2 is 2.18 bits per heavy atom. The minimum absolute atomic E-state index is 0.683. The van der Waals surface area contributed by atoms with Crippen molar-refractivity contribution in [3.8, 4) is 0 Å². The molecule has 1 nitrogen and oxygen atoms in total. The molecule has 2 rings (SSSR count). The summed E-state index contributed by atoms with van der Waals surface area (Å²) in [4.78, 5) is 0. The molecule has 0 saturated heterocycles. The zero-order valence-corrected chi connectivity index (χ0v) is 6.46. The zero-order valence-electron chi connectivity index (χ0n) is 6.46. The predicted molar refractivity (Wildman–Crippen MR) is 46.5 cm³/mol. The fourth-order valence-corrected chi connectivity index (χ4v) is 1.32. The average molecular weight is 146 g/mol. The summed E-state index contributed by atoms with van der Waals surface area (Å²) in [5, 5.41) is 3.27. The van der Waals surface area contributed by atoms with Crippen molar-refractivity contribution in [1.82, 2.24) is 5.32 Å². The maximum atomic E-state index is 3.27. The predicted octanol–water partition coefficient (Wildman–Crippen LogP) is 2.16. The molecule has 0 aromatic carbocycles. The van der Waals surface area contributed by atoms with Gasteiger partial charge in [0.2, 0.25) is 0 Å². The van der Waals surface area contributed by atoms with E-state index in [9.17, 15) is 0 Å². The van der Waals surface area contributed by atoms with Gasteiger partial charge in [0.15, 0.2) is 0 Å². The van der Waals surface area contributed by atoms with Gasteiger partial charge < -0.3 is 5.32 Å². The Labute approximate surface area is 67.5 Å². The SMILES string of the molecule is [CH]1CCC1C1=CC=CC=CN1. The third-order valence-corrected chi connectivity index (χ3v) is 2.17. The first-order chi connectivity index (χ1) is 5.47. The van der Waals surface area contributed by atoms with Gasteiger partial charge in [0, 0.05) is 17.8 Å². The van der Waals surface area contributed by atoms with Crippen LogP contribution in [0.5, 0.6) is 0 Å². The van der Waals surface area contributed by atoms with E-state index in [1.807, 2.05) is 18.4 Å². The number of nitrogens with one attached hydrogen (secondary N) is 1. The third-order valence-electron chi connectivity index (χ3n) is 2.17. The normalized spacial score (nSPS) is 23.5. The standard InChI is InChI=1S/C10H12N/c1-2-7-10(11-8-3-1)9-5-4-6-9/h1-3,5,7-9,11H,4,6H2. The monoisotopic (exact) mass is 146 g/mol. The van der Waals surface area contributed by atoms with Gasteiger partial charge in [-0.2, -0.15) is 0 Å². The molecule has 1 radical (unpaired) electrons. The zero-order chi connectivity index (χ0) is 7.52. The van der Waals surface area contributed by atoms with Crippen molar-refractivity contribution < 1.29 is 0 Å². The lowest BCUT2D eigenvalue weighted by Gasteiger charge is -2.27. The van der Waals surface area contributed by atoms with Gasteiger partial charge in [-0.25, -0.2) is 0 Å². The summed E-state index contributed by atoms with van der Waals surface area (Å²) < 4.78 is 0. The summed E-state index contributed by atoms with van der Waals surface area (Å²) in [5.41, 5.74) is 1.33.